The van der Waals surface area contributed by atoms with Gasteiger partial charge in [0.25, 0.3) is 0 Å². The molecule has 1 saturated heterocycles. The van der Waals surface area contributed by atoms with Crippen molar-refractivity contribution in [2.24, 2.45) is 5.92 Å². The number of ether oxygens (including phenoxy) is 2. The van der Waals surface area contributed by atoms with Crippen LogP contribution >= 0.6 is 0 Å². The van der Waals surface area contributed by atoms with Gasteiger partial charge in [-0.25, -0.2) is 13.1 Å². The first-order valence-corrected chi connectivity index (χ1v) is 10.9. The number of benzene rings is 1. The number of carbonyl (C=O) groups excluding carboxylic acids is 1. The van der Waals surface area contributed by atoms with E-state index in [9.17, 15) is 13.2 Å². The number of hydrogen-bond donors (Lipinski definition) is 1. The van der Waals surface area contributed by atoms with Gasteiger partial charge in [-0.1, -0.05) is 30.3 Å². The van der Waals surface area contributed by atoms with Crippen LogP contribution in [0.2, 0.25) is 0 Å². The summed E-state index contributed by atoms with van der Waals surface area (Å²) in [7, 11) is -2.40. The number of rotatable bonds is 8. The van der Waals surface area contributed by atoms with Gasteiger partial charge < -0.3 is 9.47 Å². The van der Waals surface area contributed by atoms with E-state index in [0.717, 1.165) is 24.8 Å². The number of sulfonamides is 1. The lowest BCUT2D eigenvalue weighted by Crippen LogP contribution is -2.46. The van der Waals surface area contributed by atoms with Gasteiger partial charge in [-0.05, 0) is 50.0 Å². The van der Waals surface area contributed by atoms with Crippen LogP contribution in [0.25, 0.3) is 0 Å². The number of methoxy groups -OCH3 is 1. The minimum Gasteiger partial charge on any atom is -0.468 e. The van der Waals surface area contributed by atoms with Crippen LogP contribution in [0.4, 0.5) is 0 Å². The zero-order valence-electron chi connectivity index (χ0n) is 15.1. The molecule has 1 aliphatic carbocycles. The van der Waals surface area contributed by atoms with Crippen molar-refractivity contribution >= 4 is 16.0 Å². The predicted molar refractivity (Wildman–Crippen MR) is 98.1 cm³/mol. The lowest BCUT2D eigenvalue weighted by Gasteiger charge is -2.30. The molecule has 1 heterocycles. The Morgan fingerprint density at radius 1 is 1.23 bits per heavy atom. The van der Waals surface area contributed by atoms with Crippen molar-refractivity contribution in [1.29, 1.82) is 0 Å². The molecule has 7 heteroatoms. The van der Waals surface area contributed by atoms with Crippen LogP contribution in [0.5, 0.6) is 0 Å². The fourth-order valence-electron chi connectivity index (χ4n) is 3.54. The molecule has 0 bridgehead atoms. The molecule has 144 valence electrons. The average Bonchev–Trinajstić information content (AvgIpc) is 3.46. The van der Waals surface area contributed by atoms with E-state index in [4.69, 9.17) is 9.47 Å². The van der Waals surface area contributed by atoms with E-state index in [1.807, 2.05) is 30.3 Å². The Kier molecular flexibility index (Phi) is 6.32. The van der Waals surface area contributed by atoms with E-state index in [-0.39, 0.29) is 24.4 Å². The summed E-state index contributed by atoms with van der Waals surface area (Å²) in [5.74, 6) is -0.0920. The van der Waals surface area contributed by atoms with Crippen LogP contribution in [0.3, 0.4) is 0 Å². The highest BCUT2D eigenvalue weighted by molar-refractivity contribution is 7.89. The highest BCUT2D eigenvalue weighted by atomic mass is 32.2. The van der Waals surface area contributed by atoms with Gasteiger partial charge in [0.05, 0.1) is 25.1 Å². The summed E-state index contributed by atoms with van der Waals surface area (Å²) >= 11 is 0. The molecule has 2 aliphatic rings. The van der Waals surface area contributed by atoms with E-state index in [0.29, 0.717) is 5.92 Å². The maximum atomic E-state index is 12.6. The molecule has 26 heavy (non-hydrogen) atoms. The van der Waals surface area contributed by atoms with Crippen molar-refractivity contribution in [3.05, 3.63) is 35.9 Å². The molecule has 1 aliphatic heterocycles. The third kappa shape index (κ3) is 5.53. The van der Waals surface area contributed by atoms with Crippen molar-refractivity contribution in [1.82, 2.24) is 4.72 Å². The van der Waals surface area contributed by atoms with E-state index in [1.54, 1.807) is 0 Å². The molecular weight excluding hydrogens is 354 g/mol. The second kappa shape index (κ2) is 8.50. The van der Waals surface area contributed by atoms with E-state index in [2.05, 4.69) is 4.72 Å². The highest BCUT2D eigenvalue weighted by Gasteiger charge is 2.37. The smallest absolute Gasteiger partial charge is 0.324 e. The minimum absolute atomic E-state index is 0.113. The zero-order chi connectivity index (χ0) is 18.6. The molecule has 3 rings (SSSR count). The summed E-state index contributed by atoms with van der Waals surface area (Å²) in [6.07, 6.45) is 5.27. The molecule has 0 spiro atoms. The first kappa shape index (κ1) is 19.3. The largest absolute Gasteiger partial charge is 0.468 e. The highest BCUT2D eigenvalue weighted by Crippen LogP contribution is 2.39. The Bertz CT molecular complexity index is 702. The van der Waals surface area contributed by atoms with Crippen molar-refractivity contribution in [2.75, 3.05) is 12.9 Å². The maximum Gasteiger partial charge on any atom is 0.324 e. The fraction of sp³-hybridized carbons (Fsp3) is 0.632. The third-order valence-corrected chi connectivity index (χ3v) is 6.48. The van der Waals surface area contributed by atoms with Crippen molar-refractivity contribution in [3.8, 4) is 0 Å². The number of carbonyl (C=O) groups is 1. The van der Waals surface area contributed by atoms with Crippen molar-refractivity contribution < 1.29 is 22.7 Å². The Balaban J connectivity index is 1.61. The van der Waals surface area contributed by atoms with Gasteiger partial charge in [-0.15, -0.1) is 0 Å². The Morgan fingerprint density at radius 3 is 2.62 bits per heavy atom. The normalized spacial score (nSPS) is 24.8. The first-order chi connectivity index (χ1) is 12.5. The van der Waals surface area contributed by atoms with Gasteiger partial charge >= 0.3 is 5.97 Å². The summed E-state index contributed by atoms with van der Waals surface area (Å²) in [6.45, 7) is 0. The number of hydrogen-bond acceptors (Lipinski definition) is 5. The second-order valence-electron chi connectivity index (χ2n) is 7.23. The number of nitrogens with one attached hydrogen (secondary N) is 1. The van der Waals surface area contributed by atoms with Crippen molar-refractivity contribution in [3.63, 3.8) is 0 Å². The number of esters is 1. The Hall–Kier alpha value is -1.44. The molecule has 3 atom stereocenters. The van der Waals surface area contributed by atoms with Gasteiger partial charge in [0.1, 0.15) is 6.04 Å². The molecule has 3 unspecified atom stereocenters. The molecule has 1 aromatic carbocycles. The van der Waals surface area contributed by atoms with Crippen LogP contribution in [0.1, 0.15) is 37.7 Å². The topological polar surface area (TPSA) is 81.7 Å². The molecule has 0 aromatic heterocycles. The van der Waals surface area contributed by atoms with Crippen LogP contribution in [-0.2, 0) is 30.7 Å². The van der Waals surface area contributed by atoms with Crippen molar-refractivity contribution in [2.45, 2.75) is 56.8 Å². The Morgan fingerprint density at radius 2 is 1.96 bits per heavy atom. The SMILES string of the molecule is COC(=O)C(Cc1ccccc1)NS(=O)(=O)CC1CCCC(C2CC2)O1. The van der Waals surface area contributed by atoms with Gasteiger partial charge in [-0.2, -0.15) is 0 Å². The van der Waals surface area contributed by atoms with Crippen LogP contribution in [0.15, 0.2) is 30.3 Å². The lowest BCUT2D eigenvalue weighted by molar-refractivity contribution is -0.142. The zero-order valence-corrected chi connectivity index (χ0v) is 15.9. The standard InChI is InChI=1S/C19H27NO5S/c1-24-19(21)17(12-14-6-3-2-4-7-14)20-26(22,23)13-16-8-5-9-18(25-16)15-10-11-15/h2-4,6-7,15-18,20H,5,8-13H2,1H3. The predicted octanol–water partition coefficient (Wildman–Crippen LogP) is 2.04. The van der Waals surface area contributed by atoms with Crippen LogP contribution < -0.4 is 4.72 Å². The van der Waals surface area contributed by atoms with E-state index in [1.165, 1.54) is 20.0 Å². The average molecular weight is 381 g/mol. The minimum atomic E-state index is -3.66. The van der Waals surface area contributed by atoms with Gasteiger partial charge in [0, 0.05) is 0 Å². The molecule has 2 fully saturated rings. The molecule has 0 amide bonds. The molecule has 1 N–H and O–H groups in total. The first-order valence-electron chi connectivity index (χ1n) is 9.24. The molecule has 1 aromatic rings. The summed E-state index contributed by atoms with van der Waals surface area (Å²) in [4.78, 5) is 12.1. The van der Waals surface area contributed by atoms with Gasteiger partial charge in [0.2, 0.25) is 10.0 Å². The lowest BCUT2D eigenvalue weighted by atomic mass is 10.0. The maximum absolute atomic E-state index is 12.6. The molecule has 0 radical (unpaired) electrons. The van der Waals surface area contributed by atoms with Crippen LogP contribution in [0, 0.1) is 5.92 Å². The third-order valence-electron chi connectivity index (χ3n) is 5.03. The Labute approximate surface area is 155 Å². The fourth-order valence-corrected chi connectivity index (χ4v) is 4.99. The van der Waals surface area contributed by atoms with Gasteiger partial charge in [-0.3, -0.25) is 4.79 Å². The summed E-state index contributed by atoms with van der Waals surface area (Å²) in [5, 5.41) is 0. The summed E-state index contributed by atoms with van der Waals surface area (Å²) in [5.41, 5.74) is 0.869. The summed E-state index contributed by atoms with van der Waals surface area (Å²) in [6, 6.07) is 8.36. The molecule has 6 nitrogen and oxygen atoms in total. The van der Waals surface area contributed by atoms with E-state index >= 15 is 0 Å². The molecule has 1 saturated carbocycles. The second-order valence-corrected chi connectivity index (χ2v) is 9.03. The monoisotopic (exact) mass is 381 g/mol. The quantitative estimate of drug-likeness (QED) is 0.697. The van der Waals surface area contributed by atoms with Crippen LogP contribution in [-0.4, -0.2) is 45.5 Å². The summed E-state index contributed by atoms with van der Waals surface area (Å²) < 4.78 is 38.5. The molecular formula is C19H27NO5S. The van der Waals surface area contributed by atoms with Gasteiger partial charge in [0.15, 0.2) is 0 Å². The van der Waals surface area contributed by atoms with E-state index < -0.39 is 22.0 Å².